The summed E-state index contributed by atoms with van der Waals surface area (Å²) in [6.45, 7) is 2.05. The van der Waals surface area contributed by atoms with Gasteiger partial charge in [-0.15, -0.1) is 0 Å². The Kier molecular flexibility index (Phi) is 4.48. The van der Waals surface area contributed by atoms with E-state index >= 15 is 0 Å². The molecule has 0 saturated heterocycles. The van der Waals surface area contributed by atoms with Crippen molar-refractivity contribution in [3.8, 4) is 0 Å². The lowest BCUT2D eigenvalue weighted by Gasteiger charge is -2.20. The number of benzene rings is 2. The second-order valence-corrected chi connectivity index (χ2v) is 5.44. The van der Waals surface area contributed by atoms with E-state index in [1.165, 1.54) is 5.56 Å². The summed E-state index contributed by atoms with van der Waals surface area (Å²) in [4.78, 5) is 16.6. The highest BCUT2D eigenvalue weighted by Gasteiger charge is 2.18. The summed E-state index contributed by atoms with van der Waals surface area (Å²) >= 11 is 0. The third kappa shape index (κ3) is 3.64. The molecule has 3 rings (SSSR count). The Balaban J connectivity index is 1.93. The predicted octanol–water partition coefficient (Wildman–Crippen LogP) is 3.91. The third-order valence-corrected chi connectivity index (χ3v) is 3.72. The quantitative estimate of drug-likeness (QED) is 0.794. The fourth-order valence-electron chi connectivity index (χ4n) is 2.47. The fraction of sp³-hybridized carbons (Fsp3) is 0.100. The first-order chi connectivity index (χ1) is 11.2. The lowest BCUT2D eigenvalue weighted by atomic mass is 9.97. The maximum atomic E-state index is 12.5. The number of hydrogen-bond acceptors (Lipinski definition) is 2. The molecule has 23 heavy (non-hydrogen) atoms. The van der Waals surface area contributed by atoms with Crippen LogP contribution in [0.25, 0.3) is 0 Å². The minimum Gasteiger partial charge on any atom is -0.340 e. The molecule has 2 aromatic carbocycles. The van der Waals surface area contributed by atoms with Crippen molar-refractivity contribution in [1.29, 1.82) is 0 Å². The maximum absolute atomic E-state index is 12.5. The van der Waals surface area contributed by atoms with Gasteiger partial charge in [-0.1, -0.05) is 66.2 Å². The van der Waals surface area contributed by atoms with Crippen molar-refractivity contribution >= 4 is 5.91 Å². The molecule has 3 nitrogen and oxygen atoms in total. The van der Waals surface area contributed by atoms with Gasteiger partial charge in [0.1, 0.15) is 5.69 Å². The fourth-order valence-corrected chi connectivity index (χ4v) is 2.47. The molecule has 0 bridgehead atoms. The van der Waals surface area contributed by atoms with Crippen LogP contribution in [-0.2, 0) is 0 Å². The van der Waals surface area contributed by atoms with E-state index in [2.05, 4.69) is 22.4 Å². The maximum Gasteiger partial charge on any atom is 0.270 e. The van der Waals surface area contributed by atoms with Crippen LogP contribution >= 0.6 is 0 Å². The van der Waals surface area contributed by atoms with E-state index in [0.29, 0.717) is 5.69 Å². The molecule has 0 aliphatic heterocycles. The summed E-state index contributed by atoms with van der Waals surface area (Å²) in [7, 11) is 0. The molecular formula is C20H18N2O. The van der Waals surface area contributed by atoms with Crippen molar-refractivity contribution in [3.63, 3.8) is 0 Å². The van der Waals surface area contributed by atoms with Gasteiger partial charge in [-0.2, -0.15) is 0 Å². The van der Waals surface area contributed by atoms with Gasteiger partial charge in [0.25, 0.3) is 5.91 Å². The number of amides is 1. The monoisotopic (exact) mass is 302 g/mol. The predicted molar refractivity (Wildman–Crippen MR) is 91.2 cm³/mol. The highest BCUT2D eigenvalue weighted by Crippen LogP contribution is 2.22. The zero-order chi connectivity index (χ0) is 16.1. The minimum atomic E-state index is -0.202. The molecule has 3 aromatic rings. The number of nitrogens with one attached hydrogen (secondary N) is 1. The van der Waals surface area contributed by atoms with E-state index < -0.39 is 0 Å². The standard InChI is InChI=1S/C20H18N2O/c1-15-10-12-17(13-11-15)19(16-7-3-2-4-8-16)22-20(23)18-9-5-6-14-21-18/h2-14,19H,1H3,(H,22,23)/t19-/m0/s1. The van der Waals surface area contributed by atoms with E-state index in [4.69, 9.17) is 0 Å². The molecule has 0 aliphatic carbocycles. The number of carbonyl (C=O) groups is 1. The average Bonchev–Trinajstić information content (AvgIpc) is 2.62. The van der Waals surface area contributed by atoms with E-state index in [9.17, 15) is 4.79 Å². The van der Waals surface area contributed by atoms with Crippen molar-refractivity contribution in [2.24, 2.45) is 0 Å². The molecule has 3 heteroatoms. The number of nitrogens with zero attached hydrogens (tertiary/aromatic N) is 1. The molecule has 1 amide bonds. The van der Waals surface area contributed by atoms with E-state index in [1.54, 1.807) is 18.3 Å². The van der Waals surface area contributed by atoms with Crippen molar-refractivity contribution in [2.75, 3.05) is 0 Å². The summed E-state index contributed by atoms with van der Waals surface area (Å²) in [5, 5.41) is 3.08. The van der Waals surface area contributed by atoms with Crippen LogP contribution in [0.15, 0.2) is 79.0 Å². The number of pyridine rings is 1. The molecule has 0 radical (unpaired) electrons. The minimum absolute atomic E-state index is 0.181. The van der Waals surface area contributed by atoms with E-state index in [0.717, 1.165) is 11.1 Å². The summed E-state index contributed by atoms with van der Waals surface area (Å²) in [5.41, 5.74) is 3.70. The van der Waals surface area contributed by atoms with Gasteiger partial charge in [0.2, 0.25) is 0 Å². The van der Waals surface area contributed by atoms with Crippen LogP contribution < -0.4 is 5.32 Å². The molecule has 0 fully saturated rings. The van der Waals surface area contributed by atoms with Crippen molar-refractivity contribution in [3.05, 3.63) is 101 Å². The summed E-state index contributed by atoms with van der Waals surface area (Å²) in [6, 6.07) is 23.3. The molecular weight excluding hydrogens is 284 g/mol. The van der Waals surface area contributed by atoms with Gasteiger partial charge < -0.3 is 5.32 Å². The number of aromatic nitrogens is 1. The van der Waals surface area contributed by atoms with Crippen LogP contribution in [-0.4, -0.2) is 10.9 Å². The Morgan fingerprint density at radius 3 is 2.17 bits per heavy atom. The lowest BCUT2D eigenvalue weighted by molar-refractivity contribution is 0.0938. The second-order valence-electron chi connectivity index (χ2n) is 5.44. The van der Waals surface area contributed by atoms with Crippen LogP contribution in [0.5, 0.6) is 0 Å². The van der Waals surface area contributed by atoms with Gasteiger partial charge in [0, 0.05) is 6.20 Å². The molecule has 0 unspecified atom stereocenters. The zero-order valence-electron chi connectivity index (χ0n) is 12.9. The second kappa shape index (κ2) is 6.88. The summed E-state index contributed by atoms with van der Waals surface area (Å²) in [5.74, 6) is -0.181. The summed E-state index contributed by atoms with van der Waals surface area (Å²) in [6.07, 6.45) is 1.62. The Bertz CT molecular complexity index is 768. The molecule has 1 N–H and O–H groups in total. The van der Waals surface area contributed by atoms with Gasteiger partial charge in [-0.3, -0.25) is 9.78 Å². The number of rotatable bonds is 4. The van der Waals surface area contributed by atoms with Crippen LogP contribution in [0.2, 0.25) is 0 Å². The van der Waals surface area contributed by atoms with Crippen LogP contribution in [0, 0.1) is 6.92 Å². The summed E-state index contributed by atoms with van der Waals surface area (Å²) < 4.78 is 0. The molecule has 0 saturated carbocycles. The molecule has 0 aliphatic rings. The smallest absolute Gasteiger partial charge is 0.270 e. The highest BCUT2D eigenvalue weighted by molar-refractivity contribution is 5.92. The first kappa shape index (κ1) is 15.0. The molecule has 0 spiro atoms. The zero-order valence-corrected chi connectivity index (χ0v) is 12.9. The van der Waals surface area contributed by atoms with Gasteiger partial charge in [-0.25, -0.2) is 0 Å². The molecule has 1 aromatic heterocycles. The first-order valence-corrected chi connectivity index (χ1v) is 7.57. The normalized spacial score (nSPS) is 11.7. The number of aryl methyl sites for hydroxylation is 1. The molecule has 1 atom stereocenters. The van der Waals surface area contributed by atoms with Gasteiger partial charge in [-0.05, 0) is 30.2 Å². The highest BCUT2D eigenvalue weighted by atomic mass is 16.1. The molecule has 114 valence electrons. The van der Waals surface area contributed by atoms with Crippen LogP contribution in [0.1, 0.15) is 33.2 Å². The Morgan fingerprint density at radius 2 is 1.52 bits per heavy atom. The Hall–Kier alpha value is -2.94. The van der Waals surface area contributed by atoms with Crippen molar-refractivity contribution < 1.29 is 4.79 Å². The van der Waals surface area contributed by atoms with Crippen molar-refractivity contribution in [1.82, 2.24) is 10.3 Å². The first-order valence-electron chi connectivity index (χ1n) is 7.57. The SMILES string of the molecule is Cc1ccc([C@@H](NC(=O)c2ccccn2)c2ccccc2)cc1. The van der Waals surface area contributed by atoms with Gasteiger partial charge in [0.05, 0.1) is 6.04 Å². The lowest BCUT2D eigenvalue weighted by Crippen LogP contribution is -2.29. The third-order valence-electron chi connectivity index (χ3n) is 3.72. The Labute approximate surface area is 136 Å². The van der Waals surface area contributed by atoms with Gasteiger partial charge >= 0.3 is 0 Å². The number of carbonyl (C=O) groups excluding carboxylic acids is 1. The Morgan fingerprint density at radius 1 is 0.870 bits per heavy atom. The average molecular weight is 302 g/mol. The topological polar surface area (TPSA) is 42.0 Å². The van der Waals surface area contributed by atoms with E-state index in [-0.39, 0.29) is 11.9 Å². The van der Waals surface area contributed by atoms with Gasteiger partial charge in [0.15, 0.2) is 0 Å². The molecule has 1 heterocycles. The van der Waals surface area contributed by atoms with Crippen LogP contribution in [0.3, 0.4) is 0 Å². The number of hydrogen-bond donors (Lipinski definition) is 1. The largest absolute Gasteiger partial charge is 0.340 e. The van der Waals surface area contributed by atoms with Crippen molar-refractivity contribution in [2.45, 2.75) is 13.0 Å². The van der Waals surface area contributed by atoms with E-state index in [1.807, 2.05) is 55.5 Å². The van der Waals surface area contributed by atoms with Crippen LogP contribution in [0.4, 0.5) is 0 Å².